The fourth-order valence-corrected chi connectivity index (χ4v) is 1.30. The maximum atomic E-state index is 13.2. The minimum absolute atomic E-state index is 0.177. The summed E-state index contributed by atoms with van der Waals surface area (Å²) >= 11 is 0. The number of rotatable bonds is 5. The van der Waals surface area contributed by atoms with Crippen molar-refractivity contribution in [1.82, 2.24) is 5.32 Å². The lowest BCUT2D eigenvalue weighted by Gasteiger charge is -2.07. The molecule has 1 aromatic rings. The lowest BCUT2D eigenvalue weighted by molar-refractivity contribution is -0.121. The normalized spacial score (nSPS) is 12.2. The zero-order chi connectivity index (χ0) is 12.0. The summed E-state index contributed by atoms with van der Waals surface area (Å²) in [6.45, 7) is 1.83. The van der Waals surface area contributed by atoms with Crippen molar-refractivity contribution in [2.75, 3.05) is 6.54 Å². The molecule has 88 valence electrons. The van der Waals surface area contributed by atoms with E-state index in [4.69, 9.17) is 5.11 Å². The Bertz CT molecular complexity index is 353. The van der Waals surface area contributed by atoms with Crippen LogP contribution in [0.5, 0.6) is 0 Å². The molecule has 1 atom stereocenters. The minimum Gasteiger partial charge on any atom is -0.392 e. The summed E-state index contributed by atoms with van der Waals surface area (Å²) in [5.74, 6) is -0.463. The molecule has 1 aromatic carbocycles. The number of hydrogen-bond donors (Lipinski definition) is 2. The summed E-state index contributed by atoms with van der Waals surface area (Å²) in [4.78, 5) is 11.3. The van der Waals surface area contributed by atoms with Crippen molar-refractivity contribution in [2.24, 2.45) is 0 Å². The van der Waals surface area contributed by atoms with Gasteiger partial charge in [0, 0.05) is 13.0 Å². The average Bonchev–Trinajstić information content (AvgIpc) is 2.25. The van der Waals surface area contributed by atoms with Crippen LogP contribution in [0.4, 0.5) is 4.39 Å². The number of nitrogens with one attached hydrogen (secondary N) is 1. The third-order valence-corrected chi connectivity index (χ3v) is 2.17. The standard InChI is InChI=1S/C12H16FNO2/c1-9(15)8-14-12(16)7-6-10-4-2-3-5-11(10)13/h2-5,9,15H,6-8H2,1H3,(H,14,16). The molecule has 0 aliphatic heterocycles. The van der Waals surface area contributed by atoms with Gasteiger partial charge in [-0.15, -0.1) is 0 Å². The van der Waals surface area contributed by atoms with Crippen molar-refractivity contribution in [3.63, 3.8) is 0 Å². The highest BCUT2D eigenvalue weighted by Crippen LogP contribution is 2.08. The molecule has 0 radical (unpaired) electrons. The number of carbonyl (C=O) groups is 1. The van der Waals surface area contributed by atoms with E-state index < -0.39 is 6.10 Å². The zero-order valence-corrected chi connectivity index (χ0v) is 9.24. The number of halogens is 1. The molecular formula is C12H16FNO2. The Balaban J connectivity index is 2.35. The molecule has 1 rings (SSSR count). The van der Waals surface area contributed by atoms with E-state index in [9.17, 15) is 9.18 Å². The van der Waals surface area contributed by atoms with Gasteiger partial charge in [-0.1, -0.05) is 18.2 Å². The molecule has 1 unspecified atom stereocenters. The van der Waals surface area contributed by atoms with Crippen molar-refractivity contribution in [2.45, 2.75) is 25.9 Å². The van der Waals surface area contributed by atoms with Crippen LogP contribution in [0.2, 0.25) is 0 Å². The molecule has 0 aliphatic carbocycles. The van der Waals surface area contributed by atoms with Gasteiger partial charge in [0.1, 0.15) is 5.82 Å². The highest BCUT2D eigenvalue weighted by Gasteiger charge is 2.06. The second kappa shape index (κ2) is 6.23. The van der Waals surface area contributed by atoms with Crippen LogP contribution in [0.1, 0.15) is 18.9 Å². The van der Waals surface area contributed by atoms with Crippen molar-refractivity contribution in [3.05, 3.63) is 35.6 Å². The topological polar surface area (TPSA) is 49.3 Å². The van der Waals surface area contributed by atoms with Crippen LogP contribution in [0.3, 0.4) is 0 Å². The van der Waals surface area contributed by atoms with Gasteiger partial charge in [0.2, 0.25) is 5.91 Å². The summed E-state index contributed by atoms with van der Waals surface area (Å²) in [6, 6.07) is 6.40. The van der Waals surface area contributed by atoms with E-state index >= 15 is 0 Å². The highest BCUT2D eigenvalue weighted by molar-refractivity contribution is 5.76. The van der Waals surface area contributed by atoms with Crippen LogP contribution in [0.15, 0.2) is 24.3 Å². The summed E-state index contributed by atoms with van der Waals surface area (Å²) < 4.78 is 13.2. The van der Waals surface area contributed by atoms with Gasteiger partial charge >= 0.3 is 0 Å². The number of benzene rings is 1. The lowest BCUT2D eigenvalue weighted by atomic mass is 10.1. The van der Waals surface area contributed by atoms with Gasteiger partial charge in [0.15, 0.2) is 0 Å². The monoisotopic (exact) mass is 225 g/mol. The molecule has 4 heteroatoms. The van der Waals surface area contributed by atoms with Gasteiger partial charge in [-0.05, 0) is 25.0 Å². The molecular weight excluding hydrogens is 209 g/mol. The van der Waals surface area contributed by atoms with Crippen LogP contribution < -0.4 is 5.32 Å². The van der Waals surface area contributed by atoms with E-state index in [1.807, 2.05) is 0 Å². The van der Waals surface area contributed by atoms with Gasteiger partial charge < -0.3 is 10.4 Å². The van der Waals surface area contributed by atoms with Gasteiger partial charge in [-0.25, -0.2) is 4.39 Å². The number of hydrogen-bond acceptors (Lipinski definition) is 2. The molecule has 0 bridgehead atoms. The van der Waals surface area contributed by atoms with E-state index in [-0.39, 0.29) is 24.7 Å². The predicted octanol–water partition coefficient (Wildman–Crippen LogP) is 1.26. The molecule has 16 heavy (non-hydrogen) atoms. The van der Waals surface area contributed by atoms with Gasteiger partial charge in [-0.2, -0.15) is 0 Å². The maximum Gasteiger partial charge on any atom is 0.220 e. The Morgan fingerprint density at radius 2 is 2.19 bits per heavy atom. The zero-order valence-electron chi connectivity index (χ0n) is 9.24. The van der Waals surface area contributed by atoms with Crippen LogP contribution in [-0.4, -0.2) is 23.7 Å². The Labute approximate surface area is 94.3 Å². The van der Waals surface area contributed by atoms with Gasteiger partial charge in [-0.3, -0.25) is 4.79 Å². The van der Waals surface area contributed by atoms with Crippen molar-refractivity contribution in [3.8, 4) is 0 Å². The first-order valence-electron chi connectivity index (χ1n) is 5.27. The summed E-state index contributed by atoms with van der Waals surface area (Å²) in [6.07, 6.45) is 0.0452. The maximum absolute atomic E-state index is 13.2. The molecule has 0 saturated carbocycles. The van der Waals surface area contributed by atoms with Crippen LogP contribution >= 0.6 is 0 Å². The number of amides is 1. The van der Waals surface area contributed by atoms with Gasteiger partial charge in [0.05, 0.1) is 6.10 Å². The quantitative estimate of drug-likeness (QED) is 0.792. The molecule has 0 fully saturated rings. The van der Waals surface area contributed by atoms with E-state index in [1.54, 1.807) is 25.1 Å². The first kappa shape index (κ1) is 12.6. The smallest absolute Gasteiger partial charge is 0.220 e. The third kappa shape index (κ3) is 4.40. The molecule has 0 aromatic heterocycles. The molecule has 1 amide bonds. The van der Waals surface area contributed by atoms with Gasteiger partial charge in [0.25, 0.3) is 0 Å². The highest BCUT2D eigenvalue weighted by atomic mass is 19.1. The van der Waals surface area contributed by atoms with E-state index in [0.717, 1.165) is 0 Å². The van der Waals surface area contributed by atoms with Crippen molar-refractivity contribution >= 4 is 5.91 Å². The Morgan fingerprint density at radius 3 is 2.81 bits per heavy atom. The fraction of sp³-hybridized carbons (Fsp3) is 0.417. The van der Waals surface area contributed by atoms with Crippen LogP contribution in [0.25, 0.3) is 0 Å². The largest absolute Gasteiger partial charge is 0.392 e. The molecule has 2 N–H and O–H groups in total. The number of aliphatic hydroxyl groups excluding tert-OH is 1. The second-order valence-corrected chi connectivity index (χ2v) is 3.74. The molecule has 0 saturated heterocycles. The first-order chi connectivity index (χ1) is 7.59. The Morgan fingerprint density at radius 1 is 1.50 bits per heavy atom. The fourth-order valence-electron chi connectivity index (χ4n) is 1.30. The summed E-state index contributed by atoms with van der Waals surface area (Å²) in [5.41, 5.74) is 0.537. The number of carbonyl (C=O) groups excluding carboxylic acids is 1. The summed E-state index contributed by atoms with van der Waals surface area (Å²) in [5, 5.41) is 11.5. The lowest BCUT2D eigenvalue weighted by Crippen LogP contribution is -2.30. The molecule has 0 spiro atoms. The number of aliphatic hydroxyl groups is 1. The SMILES string of the molecule is CC(O)CNC(=O)CCc1ccccc1F. The summed E-state index contributed by atoms with van der Waals surface area (Å²) in [7, 11) is 0. The Hall–Kier alpha value is -1.42. The van der Waals surface area contributed by atoms with Crippen LogP contribution in [-0.2, 0) is 11.2 Å². The van der Waals surface area contributed by atoms with Crippen molar-refractivity contribution in [1.29, 1.82) is 0 Å². The van der Waals surface area contributed by atoms with E-state index in [2.05, 4.69) is 5.32 Å². The molecule has 0 heterocycles. The van der Waals surface area contributed by atoms with E-state index in [0.29, 0.717) is 12.0 Å². The first-order valence-corrected chi connectivity index (χ1v) is 5.27. The minimum atomic E-state index is -0.558. The second-order valence-electron chi connectivity index (χ2n) is 3.74. The predicted molar refractivity (Wildman–Crippen MR) is 59.4 cm³/mol. The molecule has 0 aliphatic rings. The van der Waals surface area contributed by atoms with Crippen LogP contribution in [0, 0.1) is 5.82 Å². The number of aryl methyl sites for hydroxylation is 1. The third-order valence-electron chi connectivity index (χ3n) is 2.17. The Kier molecular flexibility index (Phi) is 4.92. The average molecular weight is 225 g/mol. The molecule has 3 nitrogen and oxygen atoms in total. The van der Waals surface area contributed by atoms with Crippen molar-refractivity contribution < 1.29 is 14.3 Å². The van der Waals surface area contributed by atoms with E-state index in [1.165, 1.54) is 6.07 Å².